The highest BCUT2D eigenvalue weighted by molar-refractivity contribution is 8.01. The van der Waals surface area contributed by atoms with Crippen molar-refractivity contribution in [1.29, 1.82) is 0 Å². The first-order valence-corrected chi connectivity index (χ1v) is 17.4. The van der Waals surface area contributed by atoms with Crippen LogP contribution in [0, 0.1) is 0 Å². The van der Waals surface area contributed by atoms with Gasteiger partial charge >= 0.3 is 5.97 Å². The number of nitrogen functional groups attached to an aromatic ring is 1. The molecular weight excluding hydrogens is 647 g/mol. The number of tetrazole rings is 1. The van der Waals surface area contributed by atoms with Gasteiger partial charge in [0.25, 0.3) is 11.8 Å². The van der Waals surface area contributed by atoms with Gasteiger partial charge in [-0.05, 0) is 48.1 Å². The van der Waals surface area contributed by atoms with E-state index in [-0.39, 0.29) is 34.2 Å². The summed E-state index contributed by atoms with van der Waals surface area (Å²) in [4.78, 5) is 52.2. The number of morpholine rings is 1. The average molecular weight is 680 g/mol. The van der Waals surface area contributed by atoms with Gasteiger partial charge in [-0.25, -0.2) is 9.48 Å². The molecule has 3 fully saturated rings. The molecule has 2 atom stereocenters. The van der Waals surface area contributed by atoms with Crippen molar-refractivity contribution >= 4 is 63.7 Å². The van der Waals surface area contributed by atoms with Crippen molar-refractivity contribution < 1.29 is 29.1 Å². The molecule has 4 aliphatic rings. The number of anilines is 1. The van der Waals surface area contributed by atoms with E-state index in [0.29, 0.717) is 23.0 Å². The number of β-lactam (4-membered cyclic amide) rings is 1. The number of hydrogen-bond donors (Lipinski definition) is 3. The molecule has 17 nitrogen and oxygen atoms in total. The molecule has 3 aliphatic heterocycles. The molecule has 1 saturated carbocycles. The van der Waals surface area contributed by atoms with Gasteiger partial charge in [-0.1, -0.05) is 16.9 Å². The molecule has 1 unspecified atom stereocenters. The average Bonchev–Trinajstić information content (AvgIpc) is 3.82. The van der Waals surface area contributed by atoms with Crippen molar-refractivity contribution in [3.05, 3.63) is 17.1 Å². The number of fused-ring (bicyclic) bond motifs is 1. The van der Waals surface area contributed by atoms with Crippen molar-refractivity contribution in [3.8, 4) is 0 Å². The summed E-state index contributed by atoms with van der Waals surface area (Å²) in [6, 6.07) is -0.961. The number of nitrogens with two attached hydrogens (primary N) is 1. The third kappa shape index (κ3) is 7.24. The Bertz CT molecular complexity index is 1470. The number of aromatic nitrogens is 6. The monoisotopic (exact) mass is 679 g/mol. The predicted molar refractivity (Wildman–Crippen MR) is 164 cm³/mol. The predicted octanol–water partition coefficient (Wildman–Crippen LogP) is 0.0233. The van der Waals surface area contributed by atoms with Crippen LogP contribution in [0.25, 0.3) is 0 Å². The smallest absolute Gasteiger partial charge is 0.352 e. The van der Waals surface area contributed by atoms with Crippen LogP contribution in [0.2, 0.25) is 0 Å². The van der Waals surface area contributed by atoms with Gasteiger partial charge in [-0.2, -0.15) is 9.36 Å². The molecule has 0 bridgehead atoms. The van der Waals surface area contributed by atoms with Crippen LogP contribution in [-0.4, -0.2) is 130 Å². The van der Waals surface area contributed by atoms with Gasteiger partial charge in [-0.15, -0.1) is 16.9 Å². The second kappa shape index (κ2) is 14.4. The number of carboxylic acid groups (broad SMARTS) is 1. The van der Waals surface area contributed by atoms with E-state index in [1.54, 1.807) is 4.68 Å². The van der Waals surface area contributed by atoms with E-state index >= 15 is 0 Å². The first-order chi connectivity index (χ1) is 21.9. The summed E-state index contributed by atoms with van der Waals surface area (Å²) < 4.78 is 11.2. The molecule has 0 spiro atoms. The number of nitrogens with one attached hydrogen (secondary N) is 1. The second-order valence-corrected chi connectivity index (χ2v) is 13.6. The third-order valence-electron chi connectivity index (χ3n) is 7.82. The summed E-state index contributed by atoms with van der Waals surface area (Å²) in [5.74, 6) is -1.81. The van der Waals surface area contributed by atoms with Crippen molar-refractivity contribution in [2.45, 2.75) is 61.3 Å². The number of carboxylic acids is 1. The molecule has 1 aliphatic carbocycles. The summed E-state index contributed by atoms with van der Waals surface area (Å²) >= 11 is 3.61. The summed E-state index contributed by atoms with van der Waals surface area (Å²) in [7, 11) is 0. The number of thioether (sulfide) groups is 2. The van der Waals surface area contributed by atoms with Gasteiger partial charge < -0.3 is 25.7 Å². The number of aryl methyl sites for hydroxylation is 1. The summed E-state index contributed by atoms with van der Waals surface area (Å²) in [5, 5.41) is 29.0. The van der Waals surface area contributed by atoms with Gasteiger partial charge in [0.15, 0.2) is 5.13 Å². The molecule has 0 aromatic carbocycles. The number of aliphatic carboxylic acids is 1. The summed E-state index contributed by atoms with van der Waals surface area (Å²) in [5.41, 5.74) is 6.03. The number of ether oxygens (including phenoxy) is 1. The lowest BCUT2D eigenvalue weighted by molar-refractivity contribution is -0.150. The fourth-order valence-corrected chi connectivity index (χ4v) is 8.32. The molecule has 2 amide bonds. The van der Waals surface area contributed by atoms with Crippen LogP contribution in [0.1, 0.15) is 37.9 Å². The van der Waals surface area contributed by atoms with Crippen molar-refractivity contribution in [2.75, 3.05) is 50.1 Å². The van der Waals surface area contributed by atoms with Gasteiger partial charge in [0.2, 0.25) is 16.7 Å². The first-order valence-electron chi connectivity index (χ1n) is 14.6. The quantitative estimate of drug-likeness (QED) is 0.110. The van der Waals surface area contributed by atoms with Gasteiger partial charge in [0.05, 0.1) is 13.2 Å². The molecule has 0 radical (unpaired) electrons. The lowest BCUT2D eigenvalue weighted by Gasteiger charge is -2.49. The number of rotatable bonds is 13. The first kappa shape index (κ1) is 31.6. The highest BCUT2D eigenvalue weighted by Gasteiger charge is 2.54. The van der Waals surface area contributed by atoms with E-state index in [4.69, 9.17) is 15.3 Å². The van der Waals surface area contributed by atoms with Crippen LogP contribution in [0.15, 0.2) is 21.6 Å². The van der Waals surface area contributed by atoms with Crippen LogP contribution in [0.3, 0.4) is 0 Å². The minimum atomic E-state index is -1.21. The Balaban J connectivity index is 1.08. The zero-order chi connectivity index (χ0) is 31.3. The van der Waals surface area contributed by atoms with Gasteiger partial charge in [0, 0.05) is 49.2 Å². The maximum atomic E-state index is 13.3. The number of nitrogens with zero attached hydrogens (tertiary/aromatic N) is 9. The number of carbonyl (C=O) groups is 3. The topological polar surface area (TPSA) is 216 Å². The van der Waals surface area contributed by atoms with E-state index in [1.807, 2.05) is 0 Å². The lowest BCUT2D eigenvalue weighted by atomic mass is 10.0. The lowest BCUT2D eigenvalue weighted by Crippen LogP contribution is -2.71. The normalized spacial score (nSPS) is 22.8. The van der Waals surface area contributed by atoms with E-state index in [0.717, 1.165) is 76.5 Å². The number of hydrogen-bond acceptors (Lipinski definition) is 16. The molecule has 2 aromatic rings. The van der Waals surface area contributed by atoms with E-state index in [9.17, 15) is 19.5 Å². The van der Waals surface area contributed by atoms with Crippen LogP contribution >= 0.6 is 35.1 Å². The van der Waals surface area contributed by atoms with Gasteiger partial charge in [0.1, 0.15) is 23.2 Å². The molecule has 2 saturated heterocycles. The molecule has 242 valence electrons. The van der Waals surface area contributed by atoms with E-state index in [1.165, 1.54) is 28.4 Å². The standard InChI is InChI=1S/C25H33N11O6S3/c26-24-28-19(31-45-24)16(30-42-15-4-1-2-5-15)20(37)27-17-21(38)36-18(23(39)40)14(12-43-22(17)36)13-44-25-29-32-33-35(25)7-3-6-34-8-10-41-11-9-34/h15,17,22H,1-13H2,(H,27,37)(H,39,40)(H2,26,28,31)/t17?,22-/m1/s1. The Kier molecular flexibility index (Phi) is 10.1. The summed E-state index contributed by atoms with van der Waals surface area (Å²) in [6.45, 7) is 4.82. The molecular formula is C25H33N11O6S3. The highest BCUT2D eigenvalue weighted by Crippen LogP contribution is 2.41. The van der Waals surface area contributed by atoms with Crippen LogP contribution in [-0.2, 0) is 30.5 Å². The van der Waals surface area contributed by atoms with Crippen molar-refractivity contribution in [2.24, 2.45) is 5.16 Å². The molecule has 2 aromatic heterocycles. The molecule has 45 heavy (non-hydrogen) atoms. The molecule has 20 heteroatoms. The molecule has 4 N–H and O–H groups in total. The SMILES string of the molecule is Nc1nc(C(=NOC2CCCC2)C(=O)NC2C(=O)N3C(C(=O)O)=C(CSc4nnnn4CCCN4CCOCC4)CS[C@H]23)ns1. The Morgan fingerprint density at radius 1 is 1.22 bits per heavy atom. The maximum absolute atomic E-state index is 13.3. The molecule has 5 heterocycles. The fourth-order valence-electron chi connectivity index (χ4n) is 5.50. The highest BCUT2D eigenvalue weighted by atomic mass is 32.2. The Hall–Kier alpha value is -3.33. The second-order valence-electron chi connectivity index (χ2n) is 10.8. The molecule has 6 rings (SSSR count). The van der Waals surface area contributed by atoms with E-state index < -0.39 is 29.2 Å². The third-order valence-corrected chi connectivity index (χ3v) is 10.7. The number of carbonyl (C=O) groups excluding carboxylic acids is 2. The Morgan fingerprint density at radius 2 is 2.02 bits per heavy atom. The Labute approximate surface area is 270 Å². The zero-order valence-electron chi connectivity index (χ0n) is 24.2. The van der Waals surface area contributed by atoms with Crippen molar-refractivity contribution in [1.82, 2.24) is 44.7 Å². The van der Waals surface area contributed by atoms with Crippen LogP contribution < -0.4 is 11.1 Å². The minimum Gasteiger partial charge on any atom is -0.477 e. The van der Waals surface area contributed by atoms with Gasteiger partial charge in [-0.3, -0.25) is 19.4 Å². The number of amides is 2. The zero-order valence-corrected chi connectivity index (χ0v) is 26.7. The largest absolute Gasteiger partial charge is 0.477 e. The van der Waals surface area contributed by atoms with E-state index in [2.05, 4.69) is 40.3 Å². The van der Waals surface area contributed by atoms with Crippen molar-refractivity contribution in [3.63, 3.8) is 0 Å². The fraction of sp³-hybridized carbons (Fsp3) is 0.640. The maximum Gasteiger partial charge on any atom is 0.352 e. The van der Waals surface area contributed by atoms with Crippen LogP contribution in [0.4, 0.5) is 5.13 Å². The Morgan fingerprint density at radius 3 is 2.76 bits per heavy atom. The number of oxime groups is 1. The summed E-state index contributed by atoms with van der Waals surface area (Å²) in [6.07, 6.45) is 4.43. The van der Waals surface area contributed by atoms with Crippen LogP contribution in [0.5, 0.6) is 0 Å². The minimum absolute atomic E-state index is 0.00166.